The van der Waals surface area contributed by atoms with E-state index < -0.39 is 5.97 Å². The molecule has 0 aliphatic carbocycles. The molecular weight excluding hydrogens is 252 g/mol. The van der Waals surface area contributed by atoms with Gasteiger partial charge >= 0.3 is 5.97 Å². The molecule has 0 aromatic rings. The minimum absolute atomic E-state index is 0.258. The number of epoxide rings is 1. The summed E-state index contributed by atoms with van der Waals surface area (Å²) in [4.78, 5) is 10.4. The van der Waals surface area contributed by atoms with Crippen molar-refractivity contribution in [2.75, 3.05) is 0 Å². The van der Waals surface area contributed by atoms with Crippen LogP contribution in [0.25, 0.3) is 0 Å². The van der Waals surface area contributed by atoms with E-state index >= 15 is 0 Å². The molecule has 1 N–H and O–H groups in total. The SMILES string of the molecule is CCCCCCCCC/C=C/C1OC1CCCC(=O)O. The van der Waals surface area contributed by atoms with E-state index in [-0.39, 0.29) is 18.6 Å². The topological polar surface area (TPSA) is 49.8 Å². The van der Waals surface area contributed by atoms with Crippen molar-refractivity contribution in [3.05, 3.63) is 12.2 Å². The number of hydrogen-bond donors (Lipinski definition) is 1. The van der Waals surface area contributed by atoms with E-state index in [0.29, 0.717) is 0 Å². The molecule has 1 rings (SSSR count). The van der Waals surface area contributed by atoms with Gasteiger partial charge in [-0.2, -0.15) is 0 Å². The standard InChI is InChI=1S/C17H30O3/c1-2-3-4-5-6-7-8-9-10-12-15-16(20-15)13-11-14-17(18)19/h10,12,15-16H,2-9,11,13-14H2,1H3,(H,18,19)/b12-10+. The number of hydrogen-bond acceptors (Lipinski definition) is 2. The average Bonchev–Trinajstić information content (AvgIpc) is 3.15. The molecule has 0 saturated carbocycles. The molecule has 1 aliphatic heterocycles. The predicted octanol–water partition coefficient (Wildman–Crippen LogP) is 4.71. The van der Waals surface area contributed by atoms with Gasteiger partial charge < -0.3 is 9.84 Å². The van der Waals surface area contributed by atoms with E-state index in [9.17, 15) is 4.79 Å². The van der Waals surface area contributed by atoms with Crippen LogP contribution in [-0.4, -0.2) is 23.3 Å². The molecule has 0 bridgehead atoms. The van der Waals surface area contributed by atoms with Crippen molar-refractivity contribution in [3.8, 4) is 0 Å². The third-order valence-electron chi connectivity index (χ3n) is 3.80. The van der Waals surface area contributed by atoms with Crippen LogP contribution in [0.1, 0.15) is 77.6 Å². The first-order chi connectivity index (χ1) is 9.74. The number of unbranched alkanes of at least 4 members (excludes halogenated alkanes) is 7. The van der Waals surface area contributed by atoms with E-state index in [1.807, 2.05) is 0 Å². The Bertz CT molecular complexity index is 286. The van der Waals surface area contributed by atoms with Gasteiger partial charge in [-0.1, -0.05) is 57.6 Å². The first kappa shape index (κ1) is 17.2. The Kier molecular flexibility index (Phi) is 9.38. The van der Waals surface area contributed by atoms with Crippen LogP contribution in [-0.2, 0) is 9.53 Å². The first-order valence-corrected chi connectivity index (χ1v) is 8.28. The van der Waals surface area contributed by atoms with E-state index in [1.54, 1.807) is 0 Å². The average molecular weight is 282 g/mol. The summed E-state index contributed by atoms with van der Waals surface area (Å²) in [6.45, 7) is 2.25. The second-order valence-electron chi connectivity index (χ2n) is 5.76. The van der Waals surface area contributed by atoms with Crippen molar-refractivity contribution < 1.29 is 14.6 Å². The van der Waals surface area contributed by atoms with Crippen molar-refractivity contribution in [2.24, 2.45) is 0 Å². The highest BCUT2D eigenvalue weighted by Gasteiger charge is 2.35. The molecule has 3 heteroatoms. The van der Waals surface area contributed by atoms with Gasteiger partial charge in [-0.05, 0) is 25.7 Å². The summed E-state index contributed by atoms with van der Waals surface area (Å²) in [5.41, 5.74) is 0. The Morgan fingerprint density at radius 2 is 1.80 bits per heavy atom. The molecule has 1 heterocycles. The molecule has 1 saturated heterocycles. The van der Waals surface area contributed by atoms with Crippen molar-refractivity contribution in [1.82, 2.24) is 0 Å². The second-order valence-corrected chi connectivity index (χ2v) is 5.76. The van der Waals surface area contributed by atoms with Gasteiger partial charge in [0.1, 0.15) is 6.10 Å². The van der Waals surface area contributed by atoms with Crippen molar-refractivity contribution in [2.45, 2.75) is 89.8 Å². The molecule has 0 aromatic carbocycles. The van der Waals surface area contributed by atoms with Crippen LogP contribution in [0.3, 0.4) is 0 Å². The Hall–Kier alpha value is -0.830. The van der Waals surface area contributed by atoms with E-state index in [4.69, 9.17) is 9.84 Å². The van der Waals surface area contributed by atoms with E-state index in [2.05, 4.69) is 19.1 Å². The van der Waals surface area contributed by atoms with Gasteiger partial charge in [0.15, 0.2) is 0 Å². The van der Waals surface area contributed by atoms with Gasteiger partial charge in [-0.25, -0.2) is 0 Å². The lowest BCUT2D eigenvalue weighted by molar-refractivity contribution is -0.137. The highest BCUT2D eigenvalue weighted by atomic mass is 16.6. The quantitative estimate of drug-likeness (QED) is 0.302. The van der Waals surface area contributed by atoms with Crippen LogP contribution in [0.4, 0.5) is 0 Å². The molecule has 1 fully saturated rings. The lowest BCUT2D eigenvalue weighted by Crippen LogP contribution is -1.97. The Labute approximate surface area is 123 Å². The Balaban J connectivity index is 1.85. The fourth-order valence-electron chi connectivity index (χ4n) is 2.46. The maximum absolute atomic E-state index is 10.4. The van der Waals surface area contributed by atoms with Gasteiger partial charge in [-0.15, -0.1) is 0 Å². The van der Waals surface area contributed by atoms with Crippen molar-refractivity contribution in [3.63, 3.8) is 0 Å². The minimum atomic E-state index is -0.711. The van der Waals surface area contributed by atoms with Crippen LogP contribution in [0.5, 0.6) is 0 Å². The molecular formula is C17H30O3. The molecule has 0 spiro atoms. The molecule has 3 nitrogen and oxygen atoms in total. The molecule has 116 valence electrons. The van der Waals surface area contributed by atoms with Gasteiger partial charge in [0.25, 0.3) is 0 Å². The second kappa shape index (κ2) is 10.9. The van der Waals surface area contributed by atoms with Crippen LogP contribution in [0, 0.1) is 0 Å². The van der Waals surface area contributed by atoms with Crippen LogP contribution < -0.4 is 0 Å². The maximum atomic E-state index is 10.4. The molecule has 1 aliphatic rings. The zero-order chi connectivity index (χ0) is 14.6. The number of rotatable bonds is 13. The number of allylic oxidation sites excluding steroid dienone is 1. The zero-order valence-electron chi connectivity index (χ0n) is 12.9. The summed E-state index contributed by atoms with van der Waals surface area (Å²) in [6.07, 6.45) is 17.4. The highest BCUT2D eigenvalue weighted by Crippen LogP contribution is 2.28. The molecule has 0 radical (unpaired) electrons. The molecule has 2 atom stereocenters. The molecule has 0 aromatic heterocycles. The predicted molar refractivity (Wildman–Crippen MR) is 81.9 cm³/mol. The fraction of sp³-hybridized carbons (Fsp3) is 0.824. The Morgan fingerprint density at radius 3 is 2.50 bits per heavy atom. The smallest absolute Gasteiger partial charge is 0.303 e. The summed E-state index contributed by atoms with van der Waals surface area (Å²) in [5, 5.41) is 8.55. The maximum Gasteiger partial charge on any atom is 0.303 e. The highest BCUT2D eigenvalue weighted by molar-refractivity contribution is 5.66. The molecule has 0 amide bonds. The third kappa shape index (κ3) is 9.13. The summed E-state index contributed by atoms with van der Waals surface area (Å²) < 4.78 is 5.49. The molecule has 20 heavy (non-hydrogen) atoms. The van der Waals surface area contributed by atoms with Crippen LogP contribution >= 0.6 is 0 Å². The number of carboxylic acids is 1. The van der Waals surface area contributed by atoms with E-state index in [1.165, 1.54) is 44.9 Å². The van der Waals surface area contributed by atoms with E-state index in [0.717, 1.165) is 19.3 Å². The summed E-state index contributed by atoms with van der Waals surface area (Å²) >= 11 is 0. The van der Waals surface area contributed by atoms with Gasteiger partial charge in [-0.3, -0.25) is 4.79 Å². The van der Waals surface area contributed by atoms with Crippen LogP contribution in [0.2, 0.25) is 0 Å². The molecule has 2 unspecified atom stereocenters. The third-order valence-corrected chi connectivity index (χ3v) is 3.80. The van der Waals surface area contributed by atoms with Crippen LogP contribution in [0.15, 0.2) is 12.2 Å². The van der Waals surface area contributed by atoms with Crippen molar-refractivity contribution in [1.29, 1.82) is 0 Å². The monoisotopic (exact) mass is 282 g/mol. The number of carboxylic acid groups (broad SMARTS) is 1. The normalized spacial score (nSPS) is 21.4. The van der Waals surface area contributed by atoms with Crippen molar-refractivity contribution >= 4 is 5.97 Å². The largest absolute Gasteiger partial charge is 0.481 e. The summed E-state index contributed by atoms with van der Waals surface area (Å²) in [5.74, 6) is -0.711. The summed E-state index contributed by atoms with van der Waals surface area (Å²) in [7, 11) is 0. The van der Waals surface area contributed by atoms with Gasteiger partial charge in [0.05, 0.1) is 6.10 Å². The summed E-state index contributed by atoms with van der Waals surface area (Å²) in [6, 6.07) is 0. The van der Waals surface area contributed by atoms with Gasteiger partial charge in [0, 0.05) is 6.42 Å². The number of carbonyl (C=O) groups is 1. The van der Waals surface area contributed by atoms with Gasteiger partial charge in [0.2, 0.25) is 0 Å². The lowest BCUT2D eigenvalue weighted by atomic mass is 10.1. The number of ether oxygens (including phenoxy) is 1. The minimum Gasteiger partial charge on any atom is -0.481 e. The Morgan fingerprint density at radius 1 is 1.10 bits per heavy atom. The lowest BCUT2D eigenvalue weighted by Gasteiger charge is -1.98. The number of aliphatic carboxylic acids is 1. The first-order valence-electron chi connectivity index (χ1n) is 8.28. The zero-order valence-corrected chi connectivity index (χ0v) is 12.9. The fourth-order valence-corrected chi connectivity index (χ4v) is 2.46.